The highest BCUT2D eigenvalue weighted by Crippen LogP contribution is 2.34. The van der Waals surface area contributed by atoms with Gasteiger partial charge in [-0.05, 0) is 61.7 Å². The SMILES string of the molecule is OC(CCCc1ccc2cccnc2n1)NCc1nnc(-c2ccc(F)c(C(F)(F)F)c2)o1. The Bertz CT molecular complexity index is 1240. The molecular formula is C22H19F4N5O2. The van der Waals surface area contributed by atoms with Crippen molar-refractivity contribution in [2.45, 2.75) is 38.2 Å². The molecule has 11 heteroatoms. The van der Waals surface area contributed by atoms with Crippen LogP contribution in [-0.2, 0) is 19.1 Å². The molecule has 0 amide bonds. The van der Waals surface area contributed by atoms with Crippen LogP contribution < -0.4 is 5.32 Å². The van der Waals surface area contributed by atoms with Gasteiger partial charge in [0, 0.05) is 22.8 Å². The van der Waals surface area contributed by atoms with Gasteiger partial charge < -0.3 is 9.52 Å². The highest BCUT2D eigenvalue weighted by molar-refractivity contribution is 5.74. The lowest BCUT2D eigenvalue weighted by atomic mass is 10.1. The number of nitrogens with one attached hydrogen (secondary N) is 1. The molecular weight excluding hydrogens is 442 g/mol. The Morgan fingerprint density at radius 3 is 2.76 bits per heavy atom. The first-order valence-corrected chi connectivity index (χ1v) is 10.1. The molecule has 3 aromatic heterocycles. The molecule has 4 rings (SSSR count). The van der Waals surface area contributed by atoms with E-state index in [1.54, 1.807) is 6.20 Å². The van der Waals surface area contributed by atoms with Gasteiger partial charge in [-0.15, -0.1) is 10.2 Å². The van der Waals surface area contributed by atoms with Crippen LogP contribution in [0.25, 0.3) is 22.5 Å². The Balaban J connectivity index is 1.28. The third-order valence-corrected chi connectivity index (χ3v) is 4.91. The molecule has 0 bridgehead atoms. The molecule has 1 aromatic carbocycles. The van der Waals surface area contributed by atoms with Crippen molar-refractivity contribution in [1.29, 1.82) is 0 Å². The predicted molar refractivity (Wildman–Crippen MR) is 110 cm³/mol. The van der Waals surface area contributed by atoms with Crippen molar-refractivity contribution < 1.29 is 27.1 Å². The van der Waals surface area contributed by atoms with Crippen molar-refractivity contribution in [3.05, 3.63) is 71.6 Å². The highest BCUT2D eigenvalue weighted by Gasteiger charge is 2.34. The van der Waals surface area contributed by atoms with Gasteiger partial charge in [0.25, 0.3) is 0 Å². The summed E-state index contributed by atoms with van der Waals surface area (Å²) in [4.78, 5) is 8.71. The zero-order valence-corrected chi connectivity index (χ0v) is 17.2. The fraction of sp³-hybridized carbons (Fsp3) is 0.273. The van der Waals surface area contributed by atoms with Gasteiger partial charge in [0.05, 0.1) is 12.1 Å². The van der Waals surface area contributed by atoms with Crippen LogP contribution in [0.5, 0.6) is 0 Å². The van der Waals surface area contributed by atoms with Crippen LogP contribution >= 0.6 is 0 Å². The minimum absolute atomic E-state index is 0.0135. The number of aliphatic hydroxyl groups is 1. The van der Waals surface area contributed by atoms with E-state index in [9.17, 15) is 22.7 Å². The van der Waals surface area contributed by atoms with E-state index in [0.29, 0.717) is 37.0 Å². The normalized spacial score (nSPS) is 12.9. The Morgan fingerprint density at radius 1 is 1.09 bits per heavy atom. The van der Waals surface area contributed by atoms with Crippen LogP contribution in [-0.4, -0.2) is 31.5 Å². The van der Waals surface area contributed by atoms with Crippen molar-refractivity contribution in [3.8, 4) is 11.5 Å². The average molecular weight is 461 g/mol. The highest BCUT2D eigenvalue weighted by atomic mass is 19.4. The summed E-state index contributed by atoms with van der Waals surface area (Å²) >= 11 is 0. The number of aromatic nitrogens is 4. The average Bonchev–Trinajstić information content (AvgIpc) is 3.26. The molecule has 3 heterocycles. The van der Waals surface area contributed by atoms with Crippen LogP contribution in [0.1, 0.15) is 30.0 Å². The number of nitrogens with zero attached hydrogens (tertiary/aromatic N) is 4. The summed E-state index contributed by atoms with van der Waals surface area (Å²) in [7, 11) is 0. The third kappa shape index (κ3) is 5.68. The molecule has 0 saturated heterocycles. The number of aryl methyl sites for hydroxylation is 1. The Hall–Kier alpha value is -3.44. The molecule has 2 N–H and O–H groups in total. The summed E-state index contributed by atoms with van der Waals surface area (Å²) < 4.78 is 57.4. The first kappa shape index (κ1) is 22.7. The Morgan fingerprint density at radius 2 is 1.94 bits per heavy atom. The maximum atomic E-state index is 13.4. The topological polar surface area (TPSA) is 97.0 Å². The zero-order valence-electron chi connectivity index (χ0n) is 17.2. The van der Waals surface area contributed by atoms with Gasteiger partial charge in [0.2, 0.25) is 11.8 Å². The summed E-state index contributed by atoms with van der Waals surface area (Å²) in [5, 5.41) is 21.4. The Labute approximate surface area is 185 Å². The summed E-state index contributed by atoms with van der Waals surface area (Å²) in [6.45, 7) is 0.0135. The van der Waals surface area contributed by atoms with Gasteiger partial charge in [-0.1, -0.05) is 0 Å². The maximum absolute atomic E-state index is 13.4. The number of hydrogen-bond donors (Lipinski definition) is 2. The summed E-state index contributed by atoms with van der Waals surface area (Å²) in [5.41, 5.74) is 0.0715. The second kappa shape index (κ2) is 9.59. The van der Waals surface area contributed by atoms with Crippen molar-refractivity contribution in [1.82, 2.24) is 25.5 Å². The van der Waals surface area contributed by atoms with E-state index < -0.39 is 23.8 Å². The number of benzene rings is 1. The number of halogens is 4. The fourth-order valence-corrected chi connectivity index (χ4v) is 3.23. The molecule has 0 aliphatic rings. The number of hydrogen-bond acceptors (Lipinski definition) is 7. The fourth-order valence-electron chi connectivity index (χ4n) is 3.23. The van der Waals surface area contributed by atoms with Crippen molar-refractivity contribution in [2.24, 2.45) is 0 Å². The molecule has 0 fully saturated rings. The van der Waals surface area contributed by atoms with E-state index >= 15 is 0 Å². The molecule has 0 radical (unpaired) electrons. The largest absolute Gasteiger partial charge is 0.419 e. The van der Waals surface area contributed by atoms with Crippen molar-refractivity contribution in [3.63, 3.8) is 0 Å². The van der Waals surface area contributed by atoms with Gasteiger partial charge >= 0.3 is 6.18 Å². The minimum atomic E-state index is -4.84. The van der Waals surface area contributed by atoms with Crippen molar-refractivity contribution >= 4 is 11.0 Å². The molecule has 4 aromatic rings. The van der Waals surface area contributed by atoms with E-state index in [1.165, 1.54) is 0 Å². The van der Waals surface area contributed by atoms with Crippen LogP contribution in [0.2, 0.25) is 0 Å². The van der Waals surface area contributed by atoms with E-state index in [4.69, 9.17) is 4.42 Å². The summed E-state index contributed by atoms with van der Waals surface area (Å²) in [5.74, 6) is -1.49. The quantitative estimate of drug-likeness (QED) is 0.299. The molecule has 33 heavy (non-hydrogen) atoms. The molecule has 172 valence electrons. The maximum Gasteiger partial charge on any atom is 0.419 e. The van der Waals surface area contributed by atoms with E-state index in [1.807, 2.05) is 24.3 Å². The second-order valence-electron chi connectivity index (χ2n) is 7.33. The molecule has 0 saturated carbocycles. The lowest BCUT2D eigenvalue weighted by molar-refractivity contribution is -0.139. The van der Waals surface area contributed by atoms with Gasteiger partial charge in [0.1, 0.15) is 12.0 Å². The first-order valence-electron chi connectivity index (χ1n) is 10.1. The first-order chi connectivity index (χ1) is 15.8. The lowest BCUT2D eigenvalue weighted by Crippen LogP contribution is -2.28. The number of pyridine rings is 2. The van der Waals surface area contributed by atoms with Crippen LogP contribution in [0, 0.1) is 5.82 Å². The summed E-state index contributed by atoms with van der Waals surface area (Å²) in [6.07, 6.45) is -2.28. The molecule has 0 aliphatic carbocycles. The Kier molecular flexibility index (Phi) is 6.61. The zero-order chi connectivity index (χ0) is 23.4. The number of fused-ring (bicyclic) bond motifs is 1. The van der Waals surface area contributed by atoms with Gasteiger partial charge in [-0.2, -0.15) is 13.2 Å². The molecule has 7 nitrogen and oxygen atoms in total. The van der Waals surface area contributed by atoms with E-state index in [-0.39, 0.29) is 23.9 Å². The van der Waals surface area contributed by atoms with E-state index in [0.717, 1.165) is 17.1 Å². The summed E-state index contributed by atoms with van der Waals surface area (Å²) in [6, 6.07) is 10.1. The minimum Gasteiger partial charge on any atom is -0.419 e. The van der Waals surface area contributed by atoms with Crippen LogP contribution in [0.4, 0.5) is 17.6 Å². The van der Waals surface area contributed by atoms with Crippen LogP contribution in [0.15, 0.2) is 53.1 Å². The molecule has 0 aliphatic heterocycles. The van der Waals surface area contributed by atoms with Gasteiger partial charge in [-0.3, -0.25) is 5.32 Å². The third-order valence-electron chi connectivity index (χ3n) is 4.91. The molecule has 0 spiro atoms. The van der Waals surface area contributed by atoms with Crippen LogP contribution in [0.3, 0.4) is 0 Å². The smallest absolute Gasteiger partial charge is 0.419 e. The van der Waals surface area contributed by atoms with Crippen molar-refractivity contribution in [2.75, 3.05) is 0 Å². The predicted octanol–water partition coefficient (Wildman–Crippen LogP) is 4.27. The molecule has 1 unspecified atom stereocenters. The second-order valence-corrected chi connectivity index (χ2v) is 7.33. The molecule has 1 atom stereocenters. The van der Waals surface area contributed by atoms with Gasteiger partial charge in [-0.25, -0.2) is 14.4 Å². The monoisotopic (exact) mass is 461 g/mol. The standard InChI is InChI=1S/C22H19F4N5O2/c23-17-9-7-14(11-16(17)22(24,25)26)21-31-30-19(33-21)12-28-18(32)5-1-4-15-8-6-13-3-2-10-27-20(13)29-15/h2-3,6-11,18,28,32H,1,4-5,12H2. The lowest BCUT2D eigenvalue weighted by Gasteiger charge is -2.11. The number of rotatable bonds is 8. The number of aliphatic hydroxyl groups excluding tert-OH is 1. The number of alkyl halides is 3. The van der Waals surface area contributed by atoms with Gasteiger partial charge in [0.15, 0.2) is 5.65 Å². The van der Waals surface area contributed by atoms with E-state index in [2.05, 4.69) is 25.5 Å².